The van der Waals surface area contributed by atoms with Crippen molar-refractivity contribution in [2.24, 2.45) is 0 Å². The Morgan fingerprint density at radius 2 is 2.06 bits per heavy atom. The predicted octanol–water partition coefficient (Wildman–Crippen LogP) is 3.40. The fraction of sp³-hybridized carbons (Fsp3) is 0.500. The Kier molecular flexibility index (Phi) is 6.05. The lowest BCUT2D eigenvalue weighted by Crippen LogP contribution is -2.35. The number of hydrogen-bond donors (Lipinski definition) is 2. The van der Waals surface area contributed by atoms with E-state index in [-0.39, 0.29) is 12.1 Å². The average Bonchev–Trinajstić information content (AvgIpc) is 2.37. The molecule has 4 heteroatoms. The summed E-state index contributed by atoms with van der Waals surface area (Å²) in [7, 11) is 0. The third-order valence-electron chi connectivity index (χ3n) is 2.59. The van der Waals surface area contributed by atoms with Gasteiger partial charge in [0, 0.05) is 6.04 Å². The quantitative estimate of drug-likeness (QED) is 0.813. The highest BCUT2D eigenvalue weighted by Gasteiger charge is 2.08. The van der Waals surface area contributed by atoms with Crippen molar-refractivity contribution in [1.29, 1.82) is 0 Å². The van der Waals surface area contributed by atoms with Crippen LogP contribution in [0.1, 0.15) is 33.6 Å². The van der Waals surface area contributed by atoms with Gasteiger partial charge in [0.15, 0.2) is 0 Å². The second-order valence-electron chi connectivity index (χ2n) is 4.25. The van der Waals surface area contributed by atoms with Gasteiger partial charge in [-0.05, 0) is 31.9 Å². The van der Waals surface area contributed by atoms with Gasteiger partial charge in [-0.2, -0.15) is 0 Å². The molecule has 100 valence electrons. The van der Waals surface area contributed by atoms with Crippen LogP contribution in [0.15, 0.2) is 24.3 Å². The van der Waals surface area contributed by atoms with Gasteiger partial charge in [0.25, 0.3) is 0 Å². The van der Waals surface area contributed by atoms with E-state index >= 15 is 0 Å². The van der Waals surface area contributed by atoms with Crippen LogP contribution in [-0.2, 0) is 0 Å². The molecule has 2 N–H and O–H groups in total. The highest BCUT2D eigenvalue weighted by molar-refractivity contribution is 5.91. The number of anilines is 1. The summed E-state index contributed by atoms with van der Waals surface area (Å²) in [6.45, 7) is 6.69. The van der Waals surface area contributed by atoms with E-state index in [1.54, 1.807) is 0 Å². The van der Waals surface area contributed by atoms with E-state index < -0.39 is 0 Å². The van der Waals surface area contributed by atoms with Crippen molar-refractivity contribution < 1.29 is 9.53 Å². The molecule has 18 heavy (non-hydrogen) atoms. The zero-order chi connectivity index (χ0) is 13.4. The second kappa shape index (κ2) is 7.58. The van der Waals surface area contributed by atoms with Crippen LogP contribution < -0.4 is 15.4 Å². The average molecular weight is 250 g/mol. The van der Waals surface area contributed by atoms with Crippen molar-refractivity contribution in [3.8, 4) is 5.75 Å². The second-order valence-corrected chi connectivity index (χ2v) is 4.25. The Bertz CT molecular complexity index is 380. The van der Waals surface area contributed by atoms with E-state index in [0.29, 0.717) is 18.0 Å². The van der Waals surface area contributed by atoms with Crippen molar-refractivity contribution in [3.63, 3.8) is 0 Å². The molecule has 0 aliphatic heterocycles. The number of carbonyl (C=O) groups excluding carboxylic acids is 1. The van der Waals surface area contributed by atoms with Crippen LogP contribution >= 0.6 is 0 Å². The minimum absolute atomic E-state index is 0.161. The number of para-hydroxylation sites is 2. The van der Waals surface area contributed by atoms with Crippen LogP contribution in [0.2, 0.25) is 0 Å². The smallest absolute Gasteiger partial charge is 0.319 e. The highest BCUT2D eigenvalue weighted by atomic mass is 16.5. The molecule has 0 bridgehead atoms. The Hall–Kier alpha value is -1.71. The zero-order valence-electron chi connectivity index (χ0n) is 11.3. The lowest BCUT2D eigenvalue weighted by Gasteiger charge is -2.15. The summed E-state index contributed by atoms with van der Waals surface area (Å²) in [6.07, 6.45) is 1.84. The molecule has 0 saturated heterocycles. The lowest BCUT2D eigenvalue weighted by atomic mass is 10.2. The molecule has 1 unspecified atom stereocenters. The first-order valence-corrected chi connectivity index (χ1v) is 6.46. The zero-order valence-corrected chi connectivity index (χ0v) is 11.3. The maximum absolute atomic E-state index is 11.7. The molecule has 0 aliphatic rings. The van der Waals surface area contributed by atoms with Crippen LogP contribution in [0.25, 0.3) is 0 Å². The summed E-state index contributed by atoms with van der Waals surface area (Å²) in [5, 5.41) is 5.67. The molecule has 1 rings (SSSR count). The number of carbonyl (C=O) groups is 1. The summed E-state index contributed by atoms with van der Waals surface area (Å²) in [4.78, 5) is 11.7. The molecule has 0 aliphatic carbocycles. The van der Waals surface area contributed by atoms with Crippen LogP contribution in [-0.4, -0.2) is 18.7 Å². The standard InChI is InChI=1S/C14H22N2O2/c1-4-10-18-13-9-7-6-8-12(13)16-14(17)15-11(3)5-2/h6-9,11H,4-5,10H2,1-3H3,(H2,15,16,17). The molecule has 0 spiro atoms. The fourth-order valence-electron chi connectivity index (χ4n) is 1.39. The third kappa shape index (κ3) is 4.65. The van der Waals surface area contributed by atoms with Gasteiger partial charge < -0.3 is 15.4 Å². The molecule has 0 radical (unpaired) electrons. The number of rotatable bonds is 6. The van der Waals surface area contributed by atoms with E-state index in [4.69, 9.17) is 4.74 Å². The number of hydrogen-bond acceptors (Lipinski definition) is 2. The number of nitrogens with one attached hydrogen (secondary N) is 2. The van der Waals surface area contributed by atoms with Crippen molar-refractivity contribution in [3.05, 3.63) is 24.3 Å². The largest absolute Gasteiger partial charge is 0.491 e. The van der Waals surface area contributed by atoms with E-state index in [9.17, 15) is 4.79 Å². The van der Waals surface area contributed by atoms with Gasteiger partial charge in [-0.1, -0.05) is 26.0 Å². The molecule has 1 aromatic rings. The van der Waals surface area contributed by atoms with Crippen molar-refractivity contribution in [1.82, 2.24) is 5.32 Å². The van der Waals surface area contributed by atoms with Crippen LogP contribution in [0.4, 0.5) is 10.5 Å². The van der Waals surface area contributed by atoms with Gasteiger partial charge in [0.1, 0.15) is 5.75 Å². The molecule has 4 nitrogen and oxygen atoms in total. The van der Waals surface area contributed by atoms with E-state index in [1.807, 2.05) is 45.0 Å². The topological polar surface area (TPSA) is 50.4 Å². The van der Waals surface area contributed by atoms with E-state index in [2.05, 4.69) is 10.6 Å². The van der Waals surface area contributed by atoms with Crippen molar-refractivity contribution in [2.75, 3.05) is 11.9 Å². The molecular formula is C14H22N2O2. The van der Waals surface area contributed by atoms with Crippen LogP contribution in [0.5, 0.6) is 5.75 Å². The number of ether oxygens (including phenoxy) is 1. The van der Waals surface area contributed by atoms with E-state index in [0.717, 1.165) is 12.8 Å². The molecule has 0 aromatic heterocycles. The van der Waals surface area contributed by atoms with Gasteiger partial charge in [0.2, 0.25) is 0 Å². The Morgan fingerprint density at radius 1 is 1.33 bits per heavy atom. The molecule has 0 fully saturated rings. The maximum Gasteiger partial charge on any atom is 0.319 e. The molecule has 1 aromatic carbocycles. The number of urea groups is 1. The first-order valence-electron chi connectivity index (χ1n) is 6.46. The summed E-state index contributed by atoms with van der Waals surface area (Å²) in [6, 6.07) is 7.42. The lowest BCUT2D eigenvalue weighted by molar-refractivity contribution is 0.248. The molecule has 0 heterocycles. The van der Waals surface area contributed by atoms with Gasteiger partial charge in [-0.15, -0.1) is 0 Å². The fourth-order valence-corrected chi connectivity index (χ4v) is 1.39. The third-order valence-corrected chi connectivity index (χ3v) is 2.59. The first-order chi connectivity index (χ1) is 8.67. The maximum atomic E-state index is 11.7. The minimum Gasteiger partial charge on any atom is -0.491 e. The minimum atomic E-state index is -0.197. The SMILES string of the molecule is CCCOc1ccccc1NC(=O)NC(C)CC. The number of benzene rings is 1. The van der Waals surface area contributed by atoms with E-state index in [1.165, 1.54) is 0 Å². The Morgan fingerprint density at radius 3 is 2.72 bits per heavy atom. The van der Waals surface area contributed by atoms with Gasteiger partial charge >= 0.3 is 6.03 Å². The van der Waals surface area contributed by atoms with Crippen LogP contribution in [0, 0.1) is 0 Å². The molecule has 2 amide bonds. The molecular weight excluding hydrogens is 228 g/mol. The molecule has 1 atom stereocenters. The monoisotopic (exact) mass is 250 g/mol. The van der Waals surface area contributed by atoms with Crippen molar-refractivity contribution >= 4 is 11.7 Å². The summed E-state index contributed by atoms with van der Waals surface area (Å²) < 4.78 is 5.58. The highest BCUT2D eigenvalue weighted by Crippen LogP contribution is 2.23. The summed E-state index contributed by atoms with van der Waals surface area (Å²) >= 11 is 0. The van der Waals surface area contributed by atoms with Crippen LogP contribution in [0.3, 0.4) is 0 Å². The normalized spacial score (nSPS) is 11.7. The first kappa shape index (κ1) is 14.4. The number of amides is 2. The predicted molar refractivity (Wildman–Crippen MR) is 74.1 cm³/mol. The Labute approximate surface area is 109 Å². The molecule has 0 saturated carbocycles. The van der Waals surface area contributed by atoms with Crippen molar-refractivity contribution in [2.45, 2.75) is 39.7 Å². The van der Waals surface area contributed by atoms with Gasteiger partial charge in [0.05, 0.1) is 12.3 Å². The van der Waals surface area contributed by atoms with Gasteiger partial charge in [-0.3, -0.25) is 0 Å². The Balaban J connectivity index is 2.62. The van der Waals surface area contributed by atoms with Gasteiger partial charge in [-0.25, -0.2) is 4.79 Å². The summed E-state index contributed by atoms with van der Waals surface area (Å²) in [5.74, 6) is 0.707. The summed E-state index contributed by atoms with van der Waals surface area (Å²) in [5.41, 5.74) is 0.701.